The van der Waals surface area contributed by atoms with Gasteiger partial charge in [0.1, 0.15) is 0 Å². The van der Waals surface area contributed by atoms with E-state index in [1.54, 1.807) is 28.0 Å². The SMILES string of the molecule is CC1=C(C)C[S@](=Nc2ccc(C)cc2)N(S(=O)(=O)c2ccccc2)C1. The van der Waals surface area contributed by atoms with Gasteiger partial charge < -0.3 is 0 Å². The summed E-state index contributed by atoms with van der Waals surface area (Å²) < 4.78 is 32.6. The van der Waals surface area contributed by atoms with Gasteiger partial charge in [-0.3, -0.25) is 0 Å². The van der Waals surface area contributed by atoms with Crippen molar-refractivity contribution in [3.05, 3.63) is 71.3 Å². The molecule has 0 spiro atoms. The van der Waals surface area contributed by atoms with Gasteiger partial charge in [0.2, 0.25) is 0 Å². The first-order chi connectivity index (χ1) is 11.9. The van der Waals surface area contributed by atoms with Crippen molar-refractivity contribution >= 4 is 26.6 Å². The molecule has 4 nitrogen and oxygen atoms in total. The van der Waals surface area contributed by atoms with Crippen molar-refractivity contribution in [2.24, 2.45) is 4.36 Å². The average Bonchev–Trinajstić information content (AvgIpc) is 2.60. The monoisotopic (exact) mass is 374 g/mol. The molecule has 1 heterocycles. The molecule has 0 N–H and O–H groups in total. The van der Waals surface area contributed by atoms with Crippen LogP contribution in [0.15, 0.2) is 75.0 Å². The summed E-state index contributed by atoms with van der Waals surface area (Å²) in [6, 6.07) is 16.5. The largest absolute Gasteiger partial charge is 0.253 e. The Balaban J connectivity index is 2.07. The molecule has 0 fully saturated rings. The lowest BCUT2D eigenvalue weighted by Crippen LogP contribution is -2.38. The third-order valence-corrected chi connectivity index (χ3v) is 8.58. The lowest BCUT2D eigenvalue weighted by molar-refractivity contribution is 0.548. The van der Waals surface area contributed by atoms with Crippen LogP contribution in [0.1, 0.15) is 19.4 Å². The van der Waals surface area contributed by atoms with Crippen LogP contribution in [0.2, 0.25) is 0 Å². The number of aryl methyl sites for hydroxylation is 1. The Morgan fingerprint density at radius 1 is 0.920 bits per heavy atom. The molecule has 25 heavy (non-hydrogen) atoms. The minimum Gasteiger partial charge on any atom is -0.212 e. The summed E-state index contributed by atoms with van der Waals surface area (Å²) in [5.41, 5.74) is 4.29. The van der Waals surface area contributed by atoms with E-state index in [1.165, 1.54) is 5.57 Å². The Morgan fingerprint density at radius 3 is 2.20 bits per heavy atom. The van der Waals surface area contributed by atoms with Crippen LogP contribution in [0.3, 0.4) is 0 Å². The molecule has 1 aliphatic rings. The first kappa shape index (κ1) is 18.0. The molecule has 0 aliphatic carbocycles. The van der Waals surface area contributed by atoms with E-state index in [9.17, 15) is 8.42 Å². The van der Waals surface area contributed by atoms with Gasteiger partial charge >= 0.3 is 0 Å². The zero-order valence-electron chi connectivity index (χ0n) is 14.6. The predicted octanol–water partition coefficient (Wildman–Crippen LogP) is 4.38. The van der Waals surface area contributed by atoms with Crippen molar-refractivity contribution in [3.8, 4) is 0 Å². The van der Waals surface area contributed by atoms with Crippen LogP contribution >= 0.6 is 0 Å². The van der Waals surface area contributed by atoms with Crippen LogP contribution in [0.25, 0.3) is 0 Å². The summed E-state index contributed by atoms with van der Waals surface area (Å²) in [5.74, 6) is 0.645. The van der Waals surface area contributed by atoms with E-state index in [1.807, 2.05) is 44.2 Å². The molecular formula is C19H22N2O2S2. The molecule has 0 unspecified atom stereocenters. The lowest BCUT2D eigenvalue weighted by atomic mass is 10.2. The zero-order chi connectivity index (χ0) is 18.0. The molecule has 0 aromatic heterocycles. The van der Waals surface area contributed by atoms with Crippen molar-refractivity contribution in [2.75, 3.05) is 12.3 Å². The van der Waals surface area contributed by atoms with E-state index in [0.717, 1.165) is 16.8 Å². The number of hydrogen-bond donors (Lipinski definition) is 0. The molecule has 0 saturated heterocycles. The Labute approximate surface area is 152 Å². The van der Waals surface area contributed by atoms with Gasteiger partial charge in [-0.05, 0) is 55.9 Å². The van der Waals surface area contributed by atoms with Crippen molar-refractivity contribution in [1.82, 2.24) is 3.71 Å². The summed E-state index contributed by atoms with van der Waals surface area (Å²) in [6.07, 6.45) is 0. The van der Waals surface area contributed by atoms with Gasteiger partial charge in [0, 0.05) is 12.3 Å². The summed E-state index contributed by atoms with van der Waals surface area (Å²) in [7, 11) is -4.33. The molecule has 3 rings (SSSR count). The molecule has 0 bridgehead atoms. The van der Waals surface area contributed by atoms with E-state index in [2.05, 4.69) is 6.92 Å². The van der Waals surface area contributed by atoms with Crippen molar-refractivity contribution in [2.45, 2.75) is 25.7 Å². The van der Waals surface area contributed by atoms with Gasteiger partial charge in [0.05, 0.1) is 10.6 Å². The number of rotatable bonds is 3. The van der Waals surface area contributed by atoms with Crippen LogP contribution < -0.4 is 0 Å². The predicted molar refractivity (Wildman–Crippen MR) is 104 cm³/mol. The standard InChI is InChI=1S/C19H22N2O2S2/c1-15-9-11-18(12-10-15)20-24-14-17(3)16(2)13-21(24)25(22,23)19-7-5-4-6-8-19/h4-12H,13-14H2,1-3H3/t24-/m1/s1. The minimum absolute atomic E-state index is 0.318. The van der Waals surface area contributed by atoms with Crippen LogP contribution in [0, 0.1) is 6.92 Å². The van der Waals surface area contributed by atoms with Crippen LogP contribution in [0.4, 0.5) is 5.69 Å². The molecule has 1 aliphatic heterocycles. The Hall–Kier alpha value is -1.76. The van der Waals surface area contributed by atoms with E-state index in [0.29, 0.717) is 17.2 Å². The molecule has 2 aromatic rings. The minimum atomic E-state index is -3.58. The molecule has 2 aromatic carbocycles. The highest BCUT2D eigenvalue weighted by molar-refractivity contribution is 8.02. The molecule has 0 saturated carbocycles. The fraction of sp³-hybridized carbons (Fsp3) is 0.263. The summed E-state index contributed by atoms with van der Waals surface area (Å²) in [6.45, 7) is 6.47. The fourth-order valence-corrected chi connectivity index (χ4v) is 6.67. The van der Waals surface area contributed by atoms with E-state index < -0.39 is 20.9 Å². The molecule has 6 heteroatoms. The van der Waals surface area contributed by atoms with E-state index >= 15 is 0 Å². The van der Waals surface area contributed by atoms with Crippen molar-refractivity contribution in [3.63, 3.8) is 0 Å². The Morgan fingerprint density at radius 2 is 1.56 bits per heavy atom. The number of nitrogens with zero attached hydrogens (tertiary/aromatic N) is 2. The first-order valence-electron chi connectivity index (χ1n) is 8.10. The van der Waals surface area contributed by atoms with Gasteiger partial charge in [-0.2, -0.15) is 0 Å². The second-order valence-electron chi connectivity index (χ2n) is 6.25. The van der Waals surface area contributed by atoms with Crippen LogP contribution in [0.5, 0.6) is 0 Å². The number of benzene rings is 2. The maximum Gasteiger partial charge on any atom is 0.253 e. The maximum absolute atomic E-state index is 13.1. The van der Waals surface area contributed by atoms with Crippen molar-refractivity contribution in [1.29, 1.82) is 0 Å². The smallest absolute Gasteiger partial charge is 0.212 e. The van der Waals surface area contributed by atoms with E-state index in [-0.39, 0.29) is 0 Å². The van der Waals surface area contributed by atoms with Crippen LogP contribution in [-0.4, -0.2) is 24.4 Å². The normalized spacial score (nSPS) is 19.4. The molecular weight excluding hydrogens is 352 g/mol. The van der Waals surface area contributed by atoms with Crippen molar-refractivity contribution < 1.29 is 8.42 Å². The highest BCUT2D eigenvalue weighted by Gasteiger charge is 2.31. The van der Waals surface area contributed by atoms with Crippen LogP contribution in [-0.2, 0) is 20.9 Å². The summed E-state index contributed by atoms with van der Waals surface area (Å²) in [4.78, 5) is 0.318. The highest BCUT2D eigenvalue weighted by atomic mass is 32.3. The third-order valence-electron chi connectivity index (χ3n) is 4.23. The molecule has 0 radical (unpaired) electrons. The zero-order valence-corrected chi connectivity index (χ0v) is 16.3. The Kier molecular flexibility index (Phi) is 5.22. The molecule has 132 valence electrons. The fourth-order valence-electron chi connectivity index (χ4n) is 2.51. The second kappa shape index (κ2) is 7.23. The third kappa shape index (κ3) is 3.92. The summed E-state index contributed by atoms with van der Waals surface area (Å²) >= 11 is 0. The van der Waals surface area contributed by atoms with E-state index in [4.69, 9.17) is 4.36 Å². The van der Waals surface area contributed by atoms with Gasteiger partial charge in [-0.25, -0.2) is 12.8 Å². The van der Waals surface area contributed by atoms with Gasteiger partial charge in [0.15, 0.2) is 0 Å². The highest BCUT2D eigenvalue weighted by Crippen LogP contribution is 2.28. The molecule has 1 atom stereocenters. The topological polar surface area (TPSA) is 49.7 Å². The number of hydrogen-bond acceptors (Lipinski definition) is 3. The maximum atomic E-state index is 13.1. The van der Waals surface area contributed by atoms with Gasteiger partial charge in [0.25, 0.3) is 10.0 Å². The summed E-state index contributed by atoms with van der Waals surface area (Å²) in [5, 5.41) is 0. The first-order valence-corrected chi connectivity index (χ1v) is 10.9. The number of sulfonamides is 1. The Bertz CT molecular complexity index is 931. The van der Waals surface area contributed by atoms with Gasteiger partial charge in [-0.15, -0.1) is 3.71 Å². The second-order valence-corrected chi connectivity index (χ2v) is 9.94. The average molecular weight is 375 g/mol. The quantitative estimate of drug-likeness (QED) is 0.749. The lowest BCUT2D eigenvalue weighted by Gasteiger charge is -2.30. The van der Waals surface area contributed by atoms with Gasteiger partial charge in [-0.1, -0.05) is 47.0 Å². The molecule has 0 amide bonds.